The molecule has 0 fully saturated rings. The van der Waals surface area contributed by atoms with E-state index in [9.17, 15) is 4.39 Å². The van der Waals surface area contributed by atoms with Crippen LogP contribution in [-0.2, 0) is 6.54 Å². The van der Waals surface area contributed by atoms with Crippen LogP contribution < -0.4 is 5.32 Å². The van der Waals surface area contributed by atoms with Gasteiger partial charge < -0.3 is 5.32 Å². The summed E-state index contributed by atoms with van der Waals surface area (Å²) in [6, 6.07) is 14.7. The fourth-order valence-corrected chi connectivity index (χ4v) is 2.05. The van der Waals surface area contributed by atoms with Crippen molar-refractivity contribution in [2.45, 2.75) is 6.54 Å². The lowest BCUT2D eigenvalue weighted by molar-refractivity contribution is 0.628. The summed E-state index contributed by atoms with van der Waals surface area (Å²) in [6.45, 7) is 0.668. The Hall–Kier alpha value is -2.42. The van der Waals surface area contributed by atoms with E-state index in [1.165, 1.54) is 12.1 Å². The molecule has 0 atom stereocenters. The van der Waals surface area contributed by atoms with E-state index >= 15 is 0 Å². The summed E-state index contributed by atoms with van der Waals surface area (Å²) >= 11 is 0. The molecule has 0 aliphatic carbocycles. The summed E-state index contributed by atoms with van der Waals surface area (Å²) in [5, 5.41) is 5.49. The third-order valence-electron chi connectivity index (χ3n) is 3.03. The first kappa shape index (κ1) is 11.7. The molecule has 1 N–H and O–H groups in total. The summed E-state index contributed by atoms with van der Waals surface area (Å²) in [5.41, 5.74) is 1.94. The summed E-state index contributed by atoms with van der Waals surface area (Å²) in [6.07, 6.45) is 3.63. The predicted octanol–water partition coefficient (Wildman–Crippen LogP) is 3.99. The molecule has 19 heavy (non-hydrogen) atoms. The summed E-state index contributed by atoms with van der Waals surface area (Å²) < 4.78 is 13.1. The van der Waals surface area contributed by atoms with Crippen LogP contribution in [0.3, 0.4) is 0 Å². The normalized spacial score (nSPS) is 10.6. The molecule has 1 heterocycles. The predicted molar refractivity (Wildman–Crippen MR) is 75.5 cm³/mol. The van der Waals surface area contributed by atoms with E-state index in [2.05, 4.69) is 22.4 Å². The van der Waals surface area contributed by atoms with Gasteiger partial charge in [-0.05, 0) is 41.3 Å². The van der Waals surface area contributed by atoms with Crippen LogP contribution in [0.1, 0.15) is 5.56 Å². The van der Waals surface area contributed by atoms with E-state index in [4.69, 9.17) is 0 Å². The Labute approximate surface area is 110 Å². The van der Waals surface area contributed by atoms with Crippen molar-refractivity contribution in [2.24, 2.45) is 0 Å². The number of anilines is 1. The number of benzene rings is 2. The molecule has 0 aliphatic rings. The topological polar surface area (TPSA) is 24.9 Å². The summed E-state index contributed by atoms with van der Waals surface area (Å²) in [7, 11) is 0. The Morgan fingerprint density at radius 2 is 1.95 bits per heavy atom. The van der Waals surface area contributed by atoms with Crippen molar-refractivity contribution >= 4 is 16.5 Å². The van der Waals surface area contributed by atoms with Gasteiger partial charge in [0.15, 0.2) is 0 Å². The number of fused-ring (bicyclic) bond motifs is 1. The van der Waals surface area contributed by atoms with Crippen molar-refractivity contribution < 1.29 is 4.39 Å². The van der Waals surface area contributed by atoms with E-state index in [-0.39, 0.29) is 5.82 Å². The monoisotopic (exact) mass is 252 g/mol. The number of halogens is 1. The van der Waals surface area contributed by atoms with Crippen LogP contribution in [0.4, 0.5) is 10.1 Å². The fraction of sp³-hybridized carbons (Fsp3) is 0.0625. The Balaban J connectivity index is 1.78. The van der Waals surface area contributed by atoms with Gasteiger partial charge in [0.1, 0.15) is 5.82 Å². The maximum Gasteiger partial charge on any atom is 0.125 e. The molecular formula is C16H13FN2. The number of nitrogens with zero attached hydrogens (tertiary/aromatic N) is 1. The quantitative estimate of drug-likeness (QED) is 0.762. The van der Waals surface area contributed by atoms with Gasteiger partial charge in [-0.3, -0.25) is 4.98 Å². The largest absolute Gasteiger partial charge is 0.381 e. The molecule has 3 aromatic rings. The van der Waals surface area contributed by atoms with Crippen molar-refractivity contribution in [1.82, 2.24) is 4.98 Å². The third-order valence-corrected chi connectivity index (χ3v) is 3.03. The van der Waals surface area contributed by atoms with Crippen molar-refractivity contribution in [3.05, 3.63) is 72.3 Å². The second-order valence-electron chi connectivity index (χ2n) is 4.42. The number of hydrogen-bond donors (Lipinski definition) is 1. The van der Waals surface area contributed by atoms with E-state index in [1.54, 1.807) is 12.3 Å². The Kier molecular flexibility index (Phi) is 3.11. The molecule has 0 aliphatic heterocycles. The molecular weight excluding hydrogens is 239 g/mol. The molecule has 3 heteroatoms. The van der Waals surface area contributed by atoms with Gasteiger partial charge in [-0.1, -0.05) is 18.2 Å². The van der Waals surface area contributed by atoms with Crippen LogP contribution in [0.25, 0.3) is 10.8 Å². The highest BCUT2D eigenvalue weighted by Crippen LogP contribution is 2.16. The van der Waals surface area contributed by atoms with Crippen LogP contribution in [0.15, 0.2) is 60.9 Å². The molecule has 1 aromatic heterocycles. The second-order valence-corrected chi connectivity index (χ2v) is 4.42. The SMILES string of the molecule is Fc1cccc(NCc2ccc3cnccc3c2)c1. The zero-order chi connectivity index (χ0) is 13.1. The average molecular weight is 252 g/mol. The standard InChI is InChI=1S/C16H13FN2/c17-15-2-1-3-16(9-15)19-10-12-4-5-14-11-18-7-6-13(14)8-12/h1-9,11,19H,10H2. The molecule has 0 saturated heterocycles. The third kappa shape index (κ3) is 2.71. The van der Waals surface area contributed by atoms with Gasteiger partial charge in [0.25, 0.3) is 0 Å². The molecule has 0 unspecified atom stereocenters. The average Bonchev–Trinajstić information content (AvgIpc) is 2.45. The molecule has 0 saturated carbocycles. The van der Waals surface area contributed by atoms with Crippen LogP contribution >= 0.6 is 0 Å². The Morgan fingerprint density at radius 1 is 1.00 bits per heavy atom. The van der Waals surface area contributed by atoms with E-state index in [1.807, 2.05) is 24.4 Å². The Bertz CT molecular complexity index is 710. The van der Waals surface area contributed by atoms with Gasteiger partial charge in [-0.2, -0.15) is 0 Å². The smallest absolute Gasteiger partial charge is 0.125 e. The fourth-order valence-electron chi connectivity index (χ4n) is 2.05. The van der Waals surface area contributed by atoms with Gasteiger partial charge in [-0.15, -0.1) is 0 Å². The van der Waals surface area contributed by atoms with Gasteiger partial charge in [0.05, 0.1) is 0 Å². The molecule has 0 amide bonds. The molecule has 0 spiro atoms. The first-order valence-electron chi connectivity index (χ1n) is 6.13. The van der Waals surface area contributed by atoms with E-state index in [0.29, 0.717) is 6.54 Å². The highest BCUT2D eigenvalue weighted by atomic mass is 19.1. The number of hydrogen-bond acceptors (Lipinski definition) is 2. The lowest BCUT2D eigenvalue weighted by Crippen LogP contribution is -1.99. The summed E-state index contributed by atoms with van der Waals surface area (Å²) in [5.74, 6) is -0.227. The zero-order valence-electron chi connectivity index (χ0n) is 10.3. The van der Waals surface area contributed by atoms with Crippen molar-refractivity contribution in [2.75, 3.05) is 5.32 Å². The molecule has 94 valence electrons. The zero-order valence-corrected chi connectivity index (χ0v) is 10.3. The van der Waals surface area contributed by atoms with Crippen LogP contribution in [-0.4, -0.2) is 4.98 Å². The molecule has 0 radical (unpaired) electrons. The van der Waals surface area contributed by atoms with E-state index in [0.717, 1.165) is 22.0 Å². The summed E-state index contributed by atoms with van der Waals surface area (Å²) in [4.78, 5) is 4.09. The van der Waals surface area contributed by atoms with E-state index < -0.39 is 0 Å². The van der Waals surface area contributed by atoms with Crippen molar-refractivity contribution in [1.29, 1.82) is 0 Å². The Morgan fingerprint density at radius 3 is 2.84 bits per heavy atom. The highest BCUT2D eigenvalue weighted by molar-refractivity contribution is 5.82. The first-order chi connectivity index (χ1) is 9.31. The highest BCUT2D eigenvalue weighted by Gasteiger charge is 1.98. The number of nitrogens with one attached hydrogen (secondary N) is 1. The van der Waals surface area contributed by atoms with Crippen LogP contribution in [0, 0.1) is 5.82 Å². The minimum Gasteiger partial charge on any atom is -0.381 e. The second kappa shape index (κ2) is 5.06. The van der Waals surface area contributed by atoms with Gasteiger partial charge >= 0.3 is 0 Å². The van der Waals surface area contributed by atoms with Crippen molar-refractivity contribution in [3.8, 4) is 0 Å². The van der Waals surface area contributed by atoms with Crippen molar-refractivity contribution in [3.63, 3.8) is 0 Å². The lowest BCUT2D eigenvalue weighted by Gasteiger charge is -2.07. The van der Waals surface area contributed by atoms with Crippen LogP contribution in [0.5, 0.6) is 0 Å². The lowest BCUT2D eigenvalue weighted by atomic mass is 10.1. The number of aromatic nitrogens is 1. The maximum atomic E-state index is 13.1. The van der Waals surface area contributed by atoms with Gasteiger partial charge in [0.2, 0.25) is 0 Å². The van der Waals surface area contributed by atoms with Gasteiger partial charge in [-0.25, -0.2) is 4.39 Å². The first-order valence-corrected chi connectivity index (χ1v) is 6.13. The molecule has 0 bridgehead atoms. The number of pyridine rings is 1. The minimum atomic E-state index is -0.227. The molecule has 2 nitrogen and oxygen atoms in total. The number of rotatable bonds is 3. The minimum absolute atomic E-state index is 0.227. The molecule has 3 rings (SSSR count). The van der Waals surface area contributed by atoms with Crippen LogP contribution in [0.2, 0.25) is 0 Å². The molecule has 2 aromatic carbocycles. The van der Waals surface area contributed by atoms with Gasteiger partial charge in [0, 0.05) is 30.0 Å². The maximum absolute atomic E-state index is 13.1.